The third kappa shape index (κ3) is 4.17. The number of amides is 2. The zero-order valence-corrected chi connectivity index (χ0v) is 11.5. The molecule has 2 aromatic rings. The van der Waals surface area contributed by atoms with Crippen molar-refractivity contribution in [1.29, 1.82) is 0 Å². The Balaban J connectivity index is 1.84. The minimum absolute atomic E-state index is 0.129. The number of benzene rings is 1. The third-order valence-electron chi connectivity index (χ3n) is 2.92. The molecule has 0 spiro atoms. The number of nitrogens with zero attached hydrogens (tertiary/aromatic N) is 1. The zero-order chi connectivity index (χ0) is 15.2. The lowest BCUT2D eigenvalue weighted by Gasteiger charge is -2.17. The van der Waals surface area contributed by atoms with Crippen molar-refractivity contribution in [3.05, 3.63) is 59.8 Å². The van der Waals surface area contributed by atoms with Crippen molar-refractivity contribution in [2.45, 2.75) is 6.54 Å². The van der Waals surface area contributed by atoms with Gasteiger partial charge in [-0.15, -0.1) is 0 Å². The van der Waals surface area contributed by atoms with Gasteiger partial charge in [-0.1, -0.05) is 12.1 Å². The van der Waals surface area contributed by atoms with Crippen molar-refractivity contribution in [2.24, 2.45) is 0 Å². The summed E-state index contributed by atoms with van der Waals surface area (Å²) in [6, 6.07) is 7.54. The molecule has 0 aliphatic heterocycles. The number of hydrogen-bond donors (Lipinski definition) is 1. The zero-order valence-electron chi connectivity index (χ0n) is 11.5. The summed E-state index contributed by atoms with van der Waals surface area (Å²) >= 11 is 0. The fraction of sp³-hybridized carbons (Fsp3) is 0.200. The number of likely N-dealkylation sites (N-methyl/N-ethyl adjacent to an activating group) is 1. The van der Waals surface area contributed by atoms with Crippen molar-refractivity contribution in [3.63, 3.8) is 0 Å². The molecule has 5 nitrogen and oxygen atoms in total. The Labute approximate surface area is 121 Å². The van der Waals surface area contributed by atoms with E-state index in [-0.39, 0.29) is 30.7 Å². The number of furan rings is 1. The fourth-order valence-corrected chi connectivity index (χ4v) is 1.78. The summed E-state index contributed by atoms with van der Waals surface area (Å²) < 4.78 is 17.8. The van der Waals surface area contributed by atoms with E-state index in [4.69, 9.17) is 4.42 Å². The molecular formula is C15H15FN2O3. The third-order valence-corrected chi connectivity index (χ3v) is 2.92. The number of hydrogen-bond acceptors (Lipinski definition) is 3. The van der Waals surface area contributed by atoms with Crippen LogP contribution in [0.1, 0.15) is 15.9 Å². The second kappa shape index (κ2) is 6.69. The van der Waals surface area contributed by atoms with E-state index in [1.54, 1.807) is 19.2 Å². The van der Waals surface area contributed by atoms with Crippen molar-refractivity contribution in [1.82, 2.24) is 10.2 Å². The van der Waals surface area contributed by atoms with Gasteiger partial charge in [0, 0.05) is 13.6 Å². The Morgan fingerprint density at radius 1 is 1.33 bits per heavy atom. The van der Waals surface area contributed by atoms with Gasteiger partial charge in [0.25, 0.3) is 5.91 Å². The van der Waals surface area contributed by atoms with Crippen LogP contribution in [0.3, 0.4) is 0 Å². The van der Waals surface area contributed by atoms with Crippen LogP contribution in [0, 0.1) is 5.82 Å². The molecule has 0 radical (unpaired) electrons. The van der Waals surface area contributed by atoms with Crippen LogP contribution < -0.4 is 5.32 Å². The van der Waals surface area contributed by atoms with Crippen LogP contribution in [-0.4, -0.2) is 30.3 Å². The Bertz CT molecular complexity index is 626. The smallest absolute Gasteiger partial charge is 0.254 e. The molecule has 0 aliphatic carbocycles. The summed E-state index contributed by atoms with van der Waals surface area (Å²) in [6.45, 7) is 0.147. The molecule has 1 aromatic heterocycles. The number of nitrogens with one attached hydrogen (secondary N) is 1. The molecule has 1 aromatic carbocycles. The molecule has 0 fully saturated rings. The van der Waals surface area contributed by atoms with Gasteiger partial charge in [0.05, 0.1) is 18.4 Å². The van der Waals surface area contributed by atoms with Gasteiger partial charge in [-0.2, -0.15) is 0 Å². The highest BCUT2D eigenvalue weighted by Crippen LogP contribution is 2.06. The molecule has 21 heavy (non-hydrogen) atoms. The predicted molar refractivity (Wildman–Crippen MR) is 73.9 cm³/mol. The number of halogens is 1. The molecule has 0 saturated carbocycles. The molecule has 0 bridgehead atoms. The quantitative estimate of drug-likeness (QED) is 0.913. The highest BCUT2D eigenvalue weighted by Gasteiger charge is 2.12. The van der Waals surface area contributed by atoms with E-state index >= 15 is 0 Å². The fourth-order valence-electron chi connectivity index (χ4n) is 1.78. The highest BCUT2D eigenvalue weighted by molar-refractivity contribution is 5.96. The molecule has 2 rings (SSSR count). The Morgan fingerprint density at radius 3 is 2.81 bits per heavy atom. The van der Waals surface area contributed by atoms with Crippen LogP contribution >= 0.6 is 0 Å². The first-order chi connectivity index (χ1) is 10.1. The summed E-state index contributed by atoms with van der Waals surface area (Å²) in [6.07, 6.45) is 2.68. The van der Waals surface area contributed by atoms with E-state index in [2.05, 4.69) is 5.32 Å². The van der Waals surface area contributed by atoms with Crippen LogP contribution in [0.5, 0.6) is 0 Å². The van der Waals surface area contributed by atoms with E-state index in [1.807, 2.05) is 0 Å². The summed E-state index contributed by atoms with van der Waals surface area (Å²) in [5, 5.41) is 2.50. The summed E-state index contributed by atoms with van der Waals surface area (Å²) in [5.74, 6) is -0.992. The molecule has 0 unspecified atom stereocenters. The van der Waals surface area contributed by atoms with E-state index in [9.17, 15) is 14.0 Å². The number of carbonyl (C=O) groups is 2. The molecule has 2 amide bonds. The van der Waals surface area contributed by atoms with Crippen LogP contribution in [0.25, 0.3) is 0 Å². The maximum Gasteiger partial charge on any atom is 0.254 e. The van der Waals surface area contributed by atoms with Gasteiger partial charge in [0.1, 0.15) is 12.1 Å². The van der Waals surface area contributed by atoms with Crippen LogP contribution in [0.15, 0.2) is 47.3 Å². The normalized spacial score (nSPS) is 10.2. The lowest BCUT2D eigenvalue weighted by Crippen LogP contribution is -2.37. The van der Waals surface area contributed by atoms with Gasteiger partial charge >= 0.3 is 0 Å². The Morgan fingerprint density at radius 2 is 2.14 bits per heavy atom. The number of carbonyl (C=O) groups excluding carboxylic acids is 2. The first-order valence-corrected chi connectivity index (χ1v) is 6.35. The van der Waals surface area contributed by atoms with Gasteiger partial charge in [0.15, 0.2) is 0 Å². The first-order valence-electron chi connectivity index (χ1n) is 6.35. The summed E-state index contributed by atoms with van der Waals surface area (Å²) in [4.78, 5) is 25.0. The molecule has 1 heterocycles. The van der Waals surface area contributed by atoms with Crippen molar-refractivity contribution in [2.75, 3.05) is 13.6 Å². The largest absolute Gasteiger partial charge is 0.472 e. The second-order valence-electron chi connectivity index (χ2n) is 4.57. The van der Waals surface area contributed by atoms with Crippen LogP contribution in [-0.2, 0) is 11.3 Å². The van der Waals surface area contributed by atoms with E-state index < -0.39 is 0 Å². The molecule has 110 valence electrons. The van der Waals surface area contributed by atoms with Crippen LogP contribution in [0.2, 0.25) is 0 Å². The maximum absolute atomic E-state index is 13.1. The average Bonchev–Trinajstić information content (AvgIpc) is 2.98. The summed E-state index contributed by atoms with van der Waals surface area (Å²) in [7, 11) is 1.59. The molecule has 1 N–H and O–H groups in total. The SMILES string of the molecule is CN(Cc1cccc(F)c1)C(=O)CNC(=O)c1ccoc1. The maximum atomic E-state index is 13.1. The molecule has 0 aliphatic rings. The van der Waals surface area contributed by atoms with Gasteiger partial charge in [0.2, 0.25) is 5.91 Å². The predicted octanol–water partition coefficient (Wildman–Crippen LogP) is 1.81. The Kier molecular flexibility index (Phi) is 4.71. The van der Waals surface area contributed by atoms with Crippen molar-refractivity contribution < 1.29 is 18.4 Å². The van der Waals surface area contributed by atoms with Gasteiger partial charge < -0.3 is 14.6 Å². The van der Waals surface area contributed by atoms with Gasteiger partial charge in [-0.05, 0) is 23.8 Å². The minimum atomic E-state index is -0.378. The monoisotopic (exact) mass is 290 g/mol. The lowest BCUT2D eigenvalue weighted by atomic mass is 10.2. The lowest BCUT2D eigenvalue weighted by molar-refractivity contribution is -0.129. The highest BCUT2D eigenvalue weighted by atomic mass is 19.1. The average molecular weight is 290 g/mol. The first kappa shape index (κ1) is 14.8. The Hall–Kier alpha value is -2.63. The van der Waals surface area contributed by atoms with Crippen molar-refractivity contribution in [3.8, 4) is 0 Å². The van der Waals surface area contributed by atoms with E-state index in [0.29, 0.717) is 11.1 Å². The van der Waals surface area contributed by atoms with Gasteiger partial charge in [-0.3, -0.25) is 9.59 Å². The summed E-state index contributed by atoms with van der Waals surface area (Å²) in [5.41, 5.74) is 1.04. The van der Waals surface area contributed by atoms with Crippen LogP contribution in [0.4, 0.5) is 4.39 Å². The minimum Gasteiger partial charge on any atom is -0.472 e. The molecular weight excluding hydrogens is 275 g/mol. The molecule has 0 atom stereocenters. The van der Waals surface area contributed by atoms with E-state index in [0.717, 1.165) is 0 Å². The van der Waals surface area contributed by atoms with Crippen molar-refractivity contribution >= 4 is 11.8 Å². The van der Waals surface area contributed by atoms with E-state index in [1.165, 1.54) is 35.6 Å². The second-order valence-corrected chi connectivity index (χ2v) is 4.57. The molecule has 0 saturated heterocycles. The topological polar surface area (TPSA) is 62.6 Å². The van der Waals surface area contributed by atoms with Gasteiger partial charge in [-0.25, -0.2) is 4.39 Å². The number of rotatable bonds is 5. The molecule has 6 heteroatoms. The standard InChI is InChI=1S/C15H15FN2O3/c1-18(9-11-3-2-4-13(16)7-11)14(19)8-17-15(20)12-5-6-21-10-12/h2-7,10H,8-9H2,1H3,(H,17,20).